The maximum atomic E-state index is 13.4. The van der Waals surface area contributed by atoms with Gasteiger partial charge in [-0.15, -0.1) is 0 Å². The van der Waals surface area contributed by atoms with E-state index in [1.165, 1.54) is 10.5 Å². The summed E-state index contributed by atoms with van der Waals surface area (Å²) in [6, 6.07) is 8.32. The highest BCUT2D eigenvalue weighted by Gasteiger charge is 2.75. The van der Waals surface area contributed by atoms with Crippen molar-refractivity contribution in [1.82, 2.24) is 25.0 Å². The van der Waals surface area contributed by atoms with Crippen LogP contribution in [0.3, 0.4) is 0 Å². The van der Waals surface area contributed by atoms with Gasteiger partial charge in [-0.3, -0.25) is 10.1 Å². The number of aromatic amines is 1. The van der Waals surface area contributed by atoms with Crippen molar-refractivity contribution in [2.45, 2.75) is 42.4 Å². The van der Waals surface area contributed by atoms with E-state index in [1.54, 1.807) is 30.3 Å². The SMILES string of the molecule is O=C(c1cn[nH]n1)C12NC(C3CCCCC31)N2S(=O)(=O)c1ccccc1. The topological polar surface area (TPSA) is 108 Å². The van der Waals surface area contributed by atoms with Gasteiger partial charge in [-0.1, -0.05) is 31.0 Å². The van der Waals surface area contributed by atoms with Crippen LogP contribution >= 0.6 is 0 Å². The lowest BCUT2D eigenvalue weighted by Crippen LogP contribution is -2.78. The van der Waals surface area contributed by atoms with Crippen LogP contribution in [0.4, 0.5) is 0 Å². The molecule has 8 nitrogen and oxygen atoms in total. The molecule has 9 heteroatoms. The zero-order valence-electron chi connectivity index (χ0n) is 14.0. The van der Waals surface area contributed by atoms with Gasteiger partial charge in [0.15, 0.2) is 11.4 Å². The molecule has 5 rings (SSSR count). The first kappa shape index (κ1) is 16.1. The normalized spacial score (nSPS) is 33.5. The second kappa shape index (κ2) is 5.45. The van der Waals surface area contributed by atoms with E-state index in [0.29, 0.717) is 0 Å². The summed E-state index contributed by atoms with van der Waals surface area (Å²) in [6.07, 6.45) is 4.85. The maximum absolute atomic E-state index is 13.4. The average molecular weight is 373 g/mol. The molecular weight excluding hydrogens is 354 g/mol. The zero-order valence-corrected chi connectivity index (χ0v) is 14.8. The first-order valence-electron chi connectivity index (χ1n) is 8.84. The number of ketones is 1. The summed E-state index contributed by atoms with van der Waals surface area (Å²) in [5.74, 6) is -0.210. The van der Waals surface area contributed by atoms with Gasteiger partial charge < -0.3 is 0 Å². The molecule has 2 aromatic rings. The lowest BCUT2D eigenvalue weighted by molar-refractivity contribution is 0.00951. The molecule has 1 aromatic carbocycles. The summed E-state index contributed by atoms with van der Waals surface area (Å²) in [7, 11) is -3.80. The molecule has 0 radical (unpaired) electrons. The Morgan fingerprint density at radius 2 is 1.96 bits per heavy atom. The van der Waals surface area contributed by atoms with Crippen LogP contribution in [0.1, 0.15) is 36.2 Å². The highest BCUT2D eigenvalue weighted by Crippen LogP contribution is 2.58. The molecule has 1 saturated carbocycles. The predicted molar refractivity (Wildman–Crippen MR) is 91.3 cm³/mol. The highest BCUT2D eigenvalue weighted by molar-refractivity contribution is 7.89. The van der Waals surface area contributed by atoms with Crippen LogP contribution in [0.2, 0.25) is 0 Å². The number of hydrogen-bond acceptors (Lipinski definition) is 6. The van der Waals surface area contributed by atoms with Crippen molar-refractivity contribution in [3.8, 4) is 0 Å². The number of nitrogens with one attached hydrogen (secondary N) is 2. The van der Waals surface area contributed by atoms with Crippen molar-refractivity contribution in [1.29, 1.82) is 0 Å². The fourth-order valence-electron chi connectivity index (χ4n) is 4.99. The number of fused-ring (bicyclic) bond motifs is 5. The number of rotatable bonds is 4. The number of nitrogens with zero attached hydrogens (tertiary/aromatic N) is 3. The third-order valence-electron chi connectivity index (χ3n) is 6.02. The molecule has 2 bridgehead atoms. The van der Waals surface area contributed by atoms with Crippen LogP contribution in [0.15, 0.2) is 41.4 Å². The monoisotopic (exact) mass is 373 g/mol. The molecule has 2 N–H and O–H groups in total. The van der Waals surface area contributed by atoms with E-state index in [0.717, 1.165) is 25.7 Å². The third kappa shape index (κ3) is 1.90. The number of aromatic nitrogens is 3. The van der Waals surface area contributed by atoms with E-state index in [-0.39, 0.29) is 34.4 Å². The molecule has 0 spiro atoms. The summed E-state index contributed by atoms with van der Waals surface area (Å²) >= 11 is 0. The summed E-state index contributed by atoms with van der Waals surface area (Å²) in [6.45, 7) is 0. The van der Waals surface area contributed by atoms with Gasteiger partial charge in [0, 0.05) is 5.92 Å². The minimum Gasteiger partial charge on any atom is -0.289 e. The highest BCUT2D eigenvalue weighted by atomic mass is 32.2. The number of H-pyrrole nitrogens is 1. The lowest BCUT2D eigenvalue weighted by Gasteiger charge is -2.50. The van der Waals surface area contributed by atoms with E-state index in [9.17, 15) is 13.2 Å². The first-order chi connectivity index (χ1) is 12.6. The van der Waals surface area contributed by atoms with Crippen molar-refractivity contribution < 1.29 is 13.2 Å². The van der Waals surface area contributed by atoms with Crippen molar-refractivity contribution >= 4 is 15.8 Å². The molecule has 136 valence electrons. The molecule has 4 atom stereocenters. The number of sulfonamides is 1. The fraction of sp³-hybridized carbons (Fsp3) is 0.471. The molecular formula is C17H19N5O3S. The molecule has 1 aliphatic carbocycles. The number of carbonyl (C=O) groups is 1. The zero-order chi connectivity index (χ0) is 17.9. The summed E-state index contributed by atoms with van der Waals surface area (Å²) in [5.41, 5.74) is -1.09. The smallest absolute Gasteiger partial charge is 0.246 e. The predicted octanol–water partition coefficient (Wildman–Crippen LogP) is 1.12. The number of hydrogen-bond donors (Lipinski definition) is 2. The minimum atomic E-state index is -3.80. The van der Waals surface area contributed by atoms with E-state index >= 15 is 0 Å². The second-order valence-corrected chi connectivity index (χ2v) is 9.02. The molecule has 26 heavy (non-hydrogen) atoms. The second-order valence-electron chi connectivity index (χ2n) is 7.21. The number of carbonyl (C=O) groups excluding carboxylic acids is 1. The standard InChI is InChI=1S/C17H19N5O3S/c23-15(14-10-18-21-20-14)17-13-9-5-4-8-12(13)16(19-17)22(17)26(24,25)11-6-2-1-3-7-11/h1-3,6-7,10,12-13,16,19H,4-5,8-9H2,(H,18,20,21). The molecule has 2 saturated heterocycles. The Morgan fingerprint density at radius 3 is 2.69 bits per heavy atom. The first-order valence-corrected chi connectivity index (χ1v) is 10.3. The Hall–Kier alpha value is -2.10. The van der Waals surface area contributed by atoms with Crippen molar-refractivity contribution in [2.24, 2.45) is 11.8 Å². The van der Waals surface area contributed by atoms with Gasteiger partial charge in [0.2, 0.25) is 15.8 Å². The molecule has 3 fully saturated rings. The lowest BCUT2D eigenvalue weighted by atomic mass is 9.76. The Kier molecular flexibility index (Phi) is 3.37. The molecule has 3 heterocycles. The average Bonchev–Trinajstić information content (AvgIpc) is 3.34. The molecule has 4 unspecified atom stereocenters. The van der Waals surface area contributed by atoms with Gasteiger partial charge in [0.05, 0.1) is 17.3 Å². The van der Waals surface area contributed by atoms with Gasteiger partial charge >= 0.3 is 0 Å². The molecule has 1 aromatic heterocycles. The Bertz CT molecular complexity index is 946. The van der Waals surface area contributed by atoms with Gasteiger partial charge in [0.1, 0.15) is 0 Å². The van der Waals surface area contributed by atoms with Crippen molar-refractivity contribution in [2.75, 3.05) is 0 Å². The van der Waals surface area contributed by atoms with Crippen LogP contribution in [0.25, 0.3) is 0 Å². The fourth-order valence-corrected chi connectivity index (χ4v) is 6.88. The van der Waals surface area contributed by atoms with E-state index in [1.807, 2.05) is 0 Å². The van der Waals surface area contributed by atoms with Gasteiger partial charge in [0.25, 0.3) is 0 Å². The summed E-state index contributed by atoms with van der Waals surface area (Å²) < 4.78 is 28.2. The third-order valence-corrected chi connectivity index (χ3v) is 7.92. The summed E-state index contributed by atoms with van der Waals surface area (Å²) in [4.78, 5) is 13.5. The summed E-state index contributed by atoms with van der Waals surface area (Å²) in [5, 5.41) is 13.4. The van der Waals surface area contributed by atoms with E-state index in [2.05, 4.69) is 20.7 Å². The van der Waals surface area contributed by atoms with Crippen LogP contribution in [0.5, 0.6) is 0 Å². The van der Waals surface area contributed by atoms with Crippen molar-refractivity contribution in [3.63, 3.8) is 0 Å². The number of benzene rings is 1. The molecule has 0 amide bonds. The largest absolute Gasteiger partial charge is 0.289 e. The van der Waals surface area contributed by atoms with E-state index < -0.39 is 15.7 Å². The quantitative estimate of drug-likeness (QED) is 0.778. The Balaban J connectivity index is 1.64. The Morgan fingerprint density at radius 1 is 1.19 bits per heavy atom. The minimum absolute atomic E-state index is 0.0380. The van der Waals surface area contributed by atoms with Crippen LogP contribution < -0.4 is 5.32 Å². The van der Waals surface area contributed by atoms with E-state index in [4.69, 9.17) is 0 Å². The van der Waals surface area contributed by atoms with Crippen LogP contribution in [-0.4, -0.2) is 45.7 Å². The van der Waals surface area contributed by atoms with Crippen LogP contribution in [-0.2, 0) is 10.0 Å². The Labute approximate surface area is 151 Å². The van der Waals surface area contributed by atoms with Crippen LogP contribution in [0, 0.1) is 11.8 Å². The van der Waals surface area contributed by atoms with Gasteiger partial charge in [-0.25, -0.2) is 8.42 Å². The van der Waals surface area contributed by atoms with Gasteiger partial charge in [-0.2, -0.15) is 19.7 Å². The molecule has 3 aliphatic rings. The maximum Gasteiger partial charge on any atom is 0.246 e. The molecule has 2 aliphatic heterocycles. The van der Waals surface area contributed by atoms with Gasteiger partial charge in [-0.05, 0) is 30.9 Å². The number of Topliss-reactive ketones (excluding diaryl/α,β-unsaturated/α-hetero) is 1. The van der Waals surface area contributed by atoms with Crippen molar-refractivity contribution in [3.05, 3.63) is 42.2 Å².